The molecule has 2 N–H and O–H groups in total. The van der Waals surface area contributed by atoms with Crippen molar-refractivity contribution < 1.29 is 24.2 Å². The van der Waals surface area contributed by atoms with Gasteiger partial charge in [0.05, 0.1) is 5.60 Å². The van der Waals surface area contributed by atoms with Crippen LogP contribution in [0.3, 0.4) is 0 Å². The summed E-state index contributed by atoms with van der Waals surface area (Å²) in [5.41, 5.74) is 1.45. The third kappa shape index (κ3) is 6.23. The highest BCUT2D eigenvalue weighted by Crippen LogP contribution is 2.27. The van der Waals surface area contributed by atoms with Gasteiger partial charge in [0.25, 0.3) is 5.91 Å². The van der Waals surface area contributed by atoms with Crippen molar-refractivity contribution in [2.24, 2.45) is 0 Å². The first-order chi connectivity index (χ1) is 18.3. The molecule has 3 saturated heterocycles. The number of fused-ring (bicyclic) bond motifs is 1. The van der Waals surface area contributed by atoms with Crippen LogP contribution in [0.2, 0.25) is 0 Å². The number of nitrogens with one attached hydrogen (secondary N) is 1. The molecule has 0 atom stereocenters. The molecule has 4 aliphatic heterocycles. The molecule has 5 rings (SSSR count). The van der Waals surface area contributed by atoms with Crippen molar-refractivity contribution in [2.45, 2.75) is 69.6 Å². The summed E-state index contributed by atoms with van der Waals surface area (Å²) >= 11 is 0. The first kappa shape index (κ1) is 26.7. The van der Waals surface area contributed by atoms with Crippen molar-refractivity contribution in [2.75, 3.05) is 57.7 Å². The normalized spacial score (nSPS) is 23.4. The van der Waals surface area contributed by atoms with E-state index in [-0.39, 0.29) is 24.6 Å². The lowest BCUT2D eigenvalue weighted by molar-refractivity contribution is -0.136. The predicted molar refractivity (Wildman–Crippen MR) is 143 cm³/mol. The number of hydrogen-bond acceptors (Lipinski definition) is 6. The van der Waals surface area contributed by atoms with Crippen LogP contribution >= 0.6 is 0 Å². The quantitative estimate of drug-likeness (QED) is 0.624. The number of amides is 4. The van der Waals surface area contributed by atoms with Crippen molar-refractivity contribution >= 4 is 23.7 Å². The first-order valence-electron chi connectivity index (χ1n) is 14.1. The number of anilines is 1. The molecule has 4 aliphatic rings. The third-order valence-electron chi connectivity index (χ3n) is 8.83. The fraction of sp³-hybridized carbons (Fsp3) is 0.679. The number of ether oxygens (including phenoxy) is 1. The number of hydrogen-bond donors (Lipinski definition) is 2. The number of carbonyl (C=O) groups excluding carboxylic acids is 3. The molecule has 1 aromatic carbocycles. The summed E-state index contributed by atoms with van der Waals surface area (Å²) in [7, 11) is 0. The Labute approximate surface area is 224 Å². The number of likely N-dealkylation sites (tertiary alicyclic amines) is 3. The Morgan fingerprint density at radius 3 is 2.29 bits per heavy atom. The largest absolute Gasteiger partial charge is 0.439 e. The smallest absolute Gasteiger partial charge is 0.410 e. The number of nitrogens with zero attached hydrogens (tertiary/aromatic N) is 4. The molecule has 1 aromatic rings. The van der Waals surface area contributed by atoms with Gasteiger partial charge in [0.15, 0.2) is 6.61 Å². The molecular weight excluding hydrogens is 486 g/mol. The van der Waals surface area contributed by atoms with Gasteiger partial charge in [-0.15, -0.1) is 0 Å². The van der Waals surface area contributed by atoms with Crippen LogP contribution in [0.25, 0.3) is 0 Å². The lowest BCUT2D eigenvalue weighted by Gasteiger charge is -2.43. The van der Waals surface area contributed by atoms with Gasteiger partial charge in [-0.2, -0.15) is 0 Å². The zero-order valence-corrected chi connectivity index (χ0v) is 22.4. The zero-order valence-electron chi connectivity index (χ0n) is 22.4. The van der Waals surface area contributed by atoms with Crippen LogP contribution in [0.4, 0.5) is 15.3 Å². The van der Waals surface area contributed by atoms with Crippen molar-refractivity contribution in [3.63, 3.8) is 0 Å². The second-order valence-electron chi connectivity index (χ2n) is 11.4. The Balaban J connectivity index is 1.01. The Morgan fingerprint density at radius 2 is 1.58 bits per heavy atom. The highest BCUT2D eigenvalue weighted by molar-refractivity contribution is 5.91. The van der Waals surface area contributed by atoms with Gasteiger partial charge < -0.3 is 34.8 Å². The van der Waals surface area contributed by atoms with Crippen molar-refractivity contribution in [1.82, 2.24) is 19.6 Å². The van der Waals surface area contributed by atoms with Crippen LogP contribution in [0.5, 0.6) is 0 Å². The number of urea groups is 1. The van der Waals surface area contributed by atoms with Crippen LogP contribution < -0.4 is 5.32 Å². The fourth-order valence-corrected chi connectivity index (χ4v) is 6.26. The predicted octanol–water partition coefficient (Wildman–Crippen LogP) is 2.52. The van der Waals surface area contributed by atoms with E-state index in [0.717, 1.165) is 56.4 Å². The molecule has 4 amide bonds. The first-order valence-corrected chi connectivity index (χ1v) is 14.1. The SMILES string of the molecule is CC1(O)CCN(C2CCN(C(=O)COC(=O)N3CCC(N4CCc5ccccc5NC4=O)CC3)CC2)CC1. The number of carbonyl (C=O) groups is 3. The Hall–Kier alpha value is -2.85. The highest BCUT2D eigenvalue weighted by atomic mass is 16.6. The van der Waals surface area contributed by atoms with Crippen molar-refractivity contribution in [3.05, 3.63) is 29.8 Å². The number of benzene rings is 1. The van der Waals surface area contributed by atoms with Gasteiger partial charge >= 0.3 is 12.1 Å². The maximum absolute atomic E-state index is 12.8. The van der Waals surface area contributed by atoms with Crippen molar-refractivity contribution in [3.8, 4) is 0 Å². The van der Waals surface area contributed by atoms with Crippen molar-refractivity contribution in [1.29, 1.82) is 0 Å². The van der Waals surface area contributed by atoms with Gasteiger partial charge in [0.2, 0.25) is 0 Å². The molecule has 0 radical (unpaired) electrons. The van der Waals surface area contributed by atoms with E-state index < -0.39 is 11.7 Å². The molecule has 3 fully saturated rings. The second kappa shape index (κ2) is 11.5. The number of rotatable bonds is 4. The summed E-state index contributed by atoms with van der Waals surface area (Å²) in [5.74, 6) is -0.144. The topological polar surface area (TPSA) is 106 Å². The summed E-state index contributed by atoms with van der Waals surface area (Å²) in [6.45, 7) is 6.46. The molecule has 10 heteroatoms. The fourth-order valence-electron chi connectivity index (χ4n) is 6.26. The van der Waals surface area contributed by atoms with Crippen LogP contribution in [0.15, 0.2) is 24.3 Å². The summed E-state index contributed by atoms with van der Waals surface area (Å²) in [6.07, 6.45) is 5.11. The van der Waals surface area contributed by atoms with Gasteiger partial charge in [0, 0.05) is 63.6 Å². The summed E-state index contributed by atoms with van der Waals surface area (Å²) in [5, 5.41) is 13.2. The van der Waals surface area contributed by atoms with Gasteiger partial charge in [0.1, 0.15) is 0 Å². The van der Waals surface area contributed by atoms with E-state index in [4.69, 9.17) is 4.74 Å². The standard InChI is InChI=1S/C28H41N5O5/c1-28(37)11-18-30(19-12-28)22-7-13-31(14-8-22)25(34)20-38-27(36)32-15-9-23(10-16-32)33-17-6-21-4-2-3-5-24(21)29-26(33)35/h2-5,22-23,37H,6-20H2,1H3,(H,29,35). The lowest BCUT2D eigenvalue weighted by atomic mass is 9.91. The van der Waals surface area contributed by atoms with Gasteiger partial charge in [-0.05, 0) is 63.5 Å². The number of para-hydroxylation sites is 1. The molecule has 4 heterocycles. The number of piperidine rings is 3. The minimum atomic E-state index is -0.555. The average Bonchev–Trinajstić information content (AvgIpc) is 3.10. The maximum Gasteiger partial charge on any atom is 0.410 e. The van der Waals surface area contributed by atoms with Gasteiger partial charge in [-0.25, -0.2) is 9.59 Å². The van der Waals surface area contributed by atoms with E-state index in [1.807, 2.05) is 36.1 Å². The summed E-state index contributed by atoms with van der Waals surface area (Å²) in [4.78, 5) is 46.0. The van der Waals surface area contributed by atoms with Crippen LogP contribution in [-0.4, -0.2) is 113 Å². The molecule has 0 spiro atoms. The van der Waals surface area contributed by atoms with E-state index >= 15 is 0 Å². The Bertz CT molecular complexity index is 1010. The number of aliphatic hydroxyl groups is 1. The van der Waals surface area contributed by atoms with E-state index in [1.165, 1.54) is 0 Å². The molecule has 0 bridgehead atoms. The van der Waals surface area contributed by atoms with E-state index in [2.05, 4.69) is 10.2 Å². The molecule has 208 valence electrons. The molecule has 38 heavy (non-hydrogen) atoms. The summed E-state index contributed by atoms with van der Waals surface area (Å²) < 4.78 is 5.39. The lowest BCUT2D eigenvalue weighted by Crippen LogP contribution is -2.52. The monoisotopic (exact) mass is 527 g/mol. The minimum Gasteiger partial charge on any atom is -0.439 e. The molecular formula is C28H41N5O5. The average molecular weight is 528 g/mol. The Kier molecular flexibility index (Phi) is 8.09. The minimum absolute atomic E-state index is 0.0716. The molecule has 0 aromatic heterocycles. The van der Waals surface area contributed by atoms with E-state index in [9.17, 15) is 19.5 Å². The van der Waals surface area contributed by atoms with Crippen LogP contribution in [0, 0.1) is 0 Å². The molecule has 0 unspecified atom stereocenters. The Morgan fingerprint density at radius 1 is 0.947 bits per heavy atom. The van der Waals surface area contributed by atoms with E-state index in [0.29, 0.717) is 51.6 Å². The van der Waals surface area contributed by atoms with Gasteiger partial charge in [-0.1, -0.05) is 18.2 Å². The van der Waals surface area contributed by atoms with E-state index in [1.54, 1.807) is 9.80 Å². The molecule has 0 aliphatic carbocycles. The second-order valence-corrected chi connectivity index (χ2v) is 11.4. The maximum atomic E-state index is 12.8. The van der Waals surface area contributed by atoms with Gasteiger partial charge in [-0.3, -0.25) is 4.79 Å². The third-order valence-corrected chi connectivity index (χ3v) is 8.83. The van der Waals surface area contributed by atoms with Crippen LogP contribution in [-0.2, 0) is 16.0 Å². The molecule has 0 saturated carbocycles. The molecule has 10 nitrogen and oxygen atoms in total. The summed E-state index contributed by atoms with van der Waals surface area (Å²) in [6, 6.07) is 8.31. The van der Waals surface area contributed by atoms with Crippen LogP contribution in [0.1, 0.15) is 51.0 Å². The zero-order chi connectivity index (χ0) is 26.7. The highest BCUT2D eigenvalue weighted by Gasteiger charge is 2.34.